The molecule has 5 nitrogen and oxygen atoms in total. The number of amidine groups is 1. The number of benzene rings is 2. The van der Waals surface area contributed by atoms with E-state index in [0.717, 1.165) is 10.4 Å². The summed E-state index contributed by atoms with van der Waals surface area (Å²) in [4.78, 5) is 24.8. The number of fused-ring (bicyclic) bond motifs is 1. The summed E-state index contributed by atoms with van der Waals surface area (Å²) < 4.78 is 0. The summed E-state index contributed by atoms with van der Waals surface area (Å²) >= 11 is 1.50. The molecule has 6 heteroatoms. The Morgan fingerprint density at radius 3 is 2.52 bits per heavy atom. The van der Waals surface area contributed by atoms with Gasteiger partial charge in [-0.3, -0.25) is 14.7 Å². The molecule has 0 saturated carbocycles. The maximum atomic E-state index is 13.6. The summed E-state index contributed by atoms with van der Waals surface area (Å²) in [6.07, 6.45) is 1.40. The Bertz CT molecular complexity index is 1140. The van der Waals surface area contributed by atoms with E-state index in [1.165, 1.54) is 22.5 Å². The van der Waals surface area contributed by atoms with Crippen molar-refractivity contribution < 1.29 is 9.90 Å². The predicted octanol–water partition coefficient (Wildman–Crippen LogP) is 5.15. The van der Waals surface area contributed by atoms with Crippen molar-refractivity contribution in [3.63, 3.8) is 0 Å². The van der Waals surface area contributed by atoms with Crippen LogP contribution < -0.4 is 4.90 Å². The van der Waals surface area contributed by atoms with Crippen molar-refractivity contribution in [1.29, 1.82) is 0 Å². The van der Waals surface area contributed by atoms with Crippen LogP contribution in [0.2, 0.25) is 0 Å². The molecule has 1 aliphatic heterocycles. The number of hydrogen-bond acceptors (Lipinski definition) is 5. The Balaban J connectivity index is 2.05. The number of aliphatic hydroxyl groups is 1. The SMILES string of the molecule is CN=CC1=C(O)c2ccccc2N=C(c2cccs2)N(c2ccc(C)cc2)C1=O. The maximum Gasteiger partial charge on any atom is 0.269 e. The normalized spacial score (nSPS) is 14.6. The van der Waals surface area contributed by atoms with E-state index in [2.05, 4.69) is 4.99 Å². The molecule has 0 unspecified atom stereocenters. The number of thiophene rings is 1. The van der Waals surface area contributed by atoms with Gasteiger partial charge in [0.2, 0.25) is 0 Å². The van der Waals surface area contributed by atoms with Crippen molar-refractivity contribution in [2.24, 2.45) is 9.98 Å². The molecule has 3 aromatic rings. The monoisotopic (exact) mass is 401 g/mol. The Labute approximate surface area is 173 Å². The van der Waals surface area contributed by atoms with Crippen LogP contribution in [0.1, 0.15) is 16.0 Å². The third kappa shape index (κ3) is 3.50. The van der Waals surface area contributed by atoms with Crippen molar-refractivity contribution in [1.82, 2.24) is 0 Å². The largest absolute Gasteiger partial charge is 0.506 e. The van der Waals surface area contributed by atoms with Crippen LogP contribution in [0.3, 0.4) is 0 Å². The van der Waals surface area contributed by atoms with E-state index in [1.54, 1.807) is 19.2 Å². The standard InChI is InChI=1S/C23H19N3O2S/c1-15-9-11-16(12-10-15)26-22(20-8-5-13-29-20)25-19-7-4-3-6-17(19)21(27)18(14-24-2)23(26)28/h3-14,27H,1-2H3. The Kier molecular flexibility index (Phi) is 5.10. The zero-order valence-electron chi connectivity index (χ0n) is 16.0. The Hall–Kier alpha value is -3.51. The lowest BCUT2D eigenvalue weighted by Gasteiger charge is -2.27. The van der Waals surface area contributed by atoms with Gasteiger partial charge in [0.25, 0.3) is 5.91 Å². The number of nitrogens with zero attached hydrogens (tertiary/aromatic N) is 3. The van der Waals surface area contributed by atoms with E-state index in [0.29, 0.717) is 22.8 Å². The average molecular weight is 401 g/mol. The van der Waals surface area contributed by atoms with Crippen LogP contribution in [0.4, 0.5) is 11.4 Å². The van der Waals surface area contributed by atoms with Gasteiger partial charge in [0.1, 0.15) is 11.3 Å². The predicted molar refractivity (Wildman–Crippen MR) is 120 cm³/mol. The molecule has 0 spiro atoms. The van der Waals surface area contributed by atoms with E-state index < -0.39 is 5.91 Å². The molecule has 0 aliphatic carbocycles. The third-order valence-corrected chi connectivity index (χ3v) is 5.44. The summed E-state index contributed by atoms with van der Waals surface area (Å²) in [6, 6.07) is 18.7. The van der Waals surface area contributed by atoms with Crippen molar-refractivity contribution in [3.05, 3.63) is 87.6 Å². The van der Waals surface area contributed by atoms with E-state index in [-0.39, 0.29) is 11.3 Å². The number of carbonyl (C=O) groups excluding carboxylic acids is 1. The number of aryl methyl sites for hydroxylation is 1. The van der Waals surface area contributed by atoms with E-state index >= 15 is 0 Å². The second-order valence-corrected chi connectivity index (χ2v) is 7.50. The number of anilines is 1. The van der Waals surface area contributed by atoms with Crippen molar-refractivity contribution >= 4 is 46.4 Å². The molecular weight excluding hydrogens is 382 g/mol. The first-order chi connectivity index (χ1) is 14.1. The van der Waals surface area contributed by atoms with Crippen LogP contribution in [-0.2, 0) is 4.79 Å². The topological polar surface area (TPSA) is 65.3 Å². The highest BCUT2D eigenvalue weighted by Gasteiger charge is 2.31. The van der Waals surface area contributed by atoms with Gasteiger partial charge in [-0.1, -0.05) is 35.9 Å². The lowest BCUT2D eigenvalue weighted by Crippen LogP contribution is -2.39. The summed E-state index contributed by atoms with van der Waals surface area (Å²) in [6.45, 7) is 1.99. The number of aliphatic hydroxyl groups excluding tert-OH is 1. The molecule has 0 fully saturated rings. The zero-order chi connectivity index (χ0) is 20.4. The number of aliphatic imine (C=N–C) groups is 2. The number of carbonyl (C=O) groups is 1. The molecule has 29 heavy (non-hydrogen) atoms. The number of rotatable bonds is 3. The minimum absolute atomic E-state index is 0.115. The van der Waals surface area contributed by atoms with Crippen molar-refractivity contribution in [2.75, 3.05) is 11.9 Å². The molecule has 2 aromatic carbocycles. The zero-order valence-corrected chi connectivity index (χ0v) is 16.9. The molecular formula is C23H19N3O2S. The van der Waals surface area contributed by atoms with Crippen LogP contribution in [0.5, 0.6) is 0 Å². The third-order valence-electron chi connectivity index (χ3n) is 4.58. The molecule has 144 valence electrons. The number of hydrogen-bond donors (Lipinski definition) is 1. The van der Waals surface area contributed by atoms with E-state index in [4.69, 9.17) is 4.99 Å². The van der Waals surface area contributed by atoms with Crippen LogP contribution in [0.25, 0.3) is 5.76 Å². The molecule has 1 amide bonds. The fourth-order valence-corrected chi connectivity index (χ4v) is 3.85. The molecule has 1 N–H and O–H groups in total. The molecule has 0 bridgehead atoms. The highest BCUT2D eigenvalue weighted by atomic mass is 32.1. The van der Waals surface area contributed by atoms with Crippen LogP contribution in [-0.4, -0.2) is 30.1 Å². The van der Waals surface area contributed by atoms with Gasteiger partial charge in [0.05, 0.1) is 16.3 Å². The lowest BCUT2D eigenvalue weighted by molar-refractivity contribution is -0.113. The van der Waals surface area contributed by atoms with Crippen molar-refractivity contribution in [2.45, 2.75) is 6.92 Å². The summed E-state index contributed by atoms with van der Waals surface area (Å²) in [5.41, 5.74) is 2.95. The fraction of sp³-hybridized carbons (Fsp3) is 0.0870. The van der Waals surface area contributed by atoms with Crippen molar-refractivity contribution in [3.8, 4) is 0 Å². The van der Waals surface area contributed by atoms with Gasteiger partial charge in [-0.05, 0) is 42.6 Å². The second kappa shape index (κ2) is 7.85. The molecule has 2 heterocycles. The lowest BCUT2D eigenvalue weighted by atomic mass is 10.0. The van der Waals surface area contributed by atoms with Gasteiger partial charge in [0.15, 0.2) is 5.84 Å². The summed E-state index contributed by atoms with van der Waals surface area (Å²) in [7, 11) is 1.57. The molecule has 0 atom stereocenters. The highest BCUT2D eigenvalue weighted by molar-refractivity contribution is 7.12. The fourth-order valence-electron chi connectivity index (χ4n) is 3.15. The first-order valence-electron chi connectivity index (χ1n) is 9.08. The Morgan fingerprint density at radius 2 is 1.83 bits per heavy atom. The highest BCUT2D eigenvalue weighted by Crippen LogP contribution is 2.33. The maximum absolute atomic E-state index is 13.6. The first kappa shape index (κ1) is 18.8. The molecule has 4 rings (SSSR count). The molecule has 0 saturated heterocycles. The number of para-hydroxylation sites is 1. The van der Waals surface area contributed by atoms with Gasteiger partial charge in [-0.2, -0.15) is 0 Å². The van der Waals surface area contributed by atoms with Crippen LogP contribution in [0, 0.1) is 6.92 Å². The van der Waals surface area contributed by atoms with Crippen LogP contribution in [0.15, 0.2) is 81.6 Å². The van der Waals surface area contributed by atoms with Gasteiger partial charge in [0, 0.05) is 18.8 Å². The Morgan fingerprint density at radius 1 is 1.07 bits per heavy atom. The van der Waals surface area contributed by atoms with Crippen LogP contribution >= 0.6 is 11.3 Å². The average Bonchev–Trinajstić information content (AvgIpc) is 3.26. The molecule has 1 aliphatic rings. The van der Waals surface area contributed by atoms with E-state index in [1.807, 2.05) is 60.8 Å². The smallest absolute Gasteiger partial charge is 0.269 e. The summed E-state index contributed by atoms with van der Waals surface area (Å²) in [5.74, 6) is -0.0169. The summed E-state index contributed by atoms with van der Waals surface area (Å²) in [5, 5.41) is 12.9. The second-order valence-electron chi connectivity index (χ2n) is 6.56. The van der Waals surface area contributed by atoms with Gasteiger partial charge >= 0.3 is 0 Å². The van der Waals surface area contributed by atoms with Gasteiger partial charge in [-0.15, -0.1) is 11.3 Å². The van der Waals surface area contributed by atoms with Gasteiger partial charge < -0.3 is 5.11 Å². The molecule has 0 radical (unpaired) electrons. The quantitative estimate of drug-likeness (QED) is 0.617. The minimum atomic E-state index is -0.390. The number of amides is 1. The molecule has 1 aromatic heterocycles. The minimum Gasteiger partial charge on any atom is -0.506 e. The van der Waals surface area contributed by atoms with Gasteiger partial charge in [-0.25, -0.2) is 4.99 Å². The first-order valence-corrected chi connectivity index (χ1v) is 9.96. The van der Waals surface area contributed by atoms with E-state index in [9.17, 15) is 9.90 Å².